The maximum atomic E-state index is 12.8. The Morgan fingerprint density at radius 3 is 2.21 bits per heavy atom. The third-order valence-corrected chi connectivity index (χ3v) is 1.95. The molecule has 0 amide bonds. The molecule has 0 fully saturated rings. The molecule has 1 rings (SSSR count). The molecular formula is C10H13F2NO. The molecule has 0 heterocycles. The van der Waals surface area contributed by atoms with Crippen LogP contribution in [0.3, 0.4) is 0 Å². The normalized spacial score (nSPS) is 15.2. The summed E-state index contributed by atoms with van der Waals surface area (Å²) < 4.78 is 25.5. The van der Waals surface area contributed by atoms with E-state index in [4.69, 9.17) is 5.73 Å². The molecule has 1 aromatic carbocycles. The van der Waals surface area contributed by atoms with Crippen LogP contribution in [0.15, 0.2) is 18.2 Å². The number of rotatable bonds is 3. The first-order chi connectivity index (χ1) is 6.43. The minimum Gasteiger partial charge on any atom is -0.389 e. The minimum atomic E-state index is -1.12. The summed E-state index contributed by atoms with van der Waals surface area (Å²) >= 11 is 0. The Balaban J connectivity index is 2.87. The Labute approximate surface area is 81.4 Å². The van der Waals surface area contributed by atoms with Crippen molar-refractivity contribution in [2.24, 2.45) is 5.73 Å². The van der Waals surface area contributed by atoms with Crippen molar-refractivity contribution in [3.05, 3.63) is 35.4 Å². The lowest BCUT2D eigenvalue weighted by Gasteiger charge is -2.20. The average Bonchev–Trinajstić information content (AvgIpc) is 2.01. The second-order valence-electron chi connectivity index (χ2n) is 3.66. The quantitative estimate of drug-likeness (QED) is 0.772. The maximum Gasteiger partial charge on any atom is 0.126 e. The summed E-state index contributed by atoms with van der Waals surface area (Å²) in [6, 6.07) is 3.17. The summed E-state index contributed by atoms with van der Waals surface area (Å²) in [6.07, 6.45) is 0.137. The van der Waals surface area contributed by atoms with E-state index in [0.29, 0.717) is 5.56 Å². The lowest BCUT2D eigenvalue weighted by Crippen LogP contribution is -2.36. The molecule has 0 saturated carbocycles. The van der Waals surface area contributed by atoms with Gasteiger partial charge in [0.15, 0.2) is 0 Å². The van der Waals surface area contributed by atoms with Crippen LogP contribution in [0.25, 0.3) is 0 Å². The predicted octanol–water partition coefficient (Wildman–Crippen LogP) is 1.22. The topological polar surface area (TPSA) is 46.2 Å². The van der Waals surface area contributed by atoms with Crippen molar-refractivity contribution < 1.29 is 13.9 Å². The molecule has 3 N–H and O–H groups in total. The summed E-state index contributed by atoms with van der Waals surface area (Å²) in [6.45, 7) is 1.57. The molecule has 0 radical (unpaired) electrons. The van der Waals surface area contributed by atoms with Crippen molar-refractivity contribution in [1.82, 2.24) is 0 Å². The summed E-state index contributed by atoms with van der Waals surface area (Å²) in [5.41, 5.74) is 4.57. The Morgan fingerprint density at radius 1 is 1.29 bits per heavy atom. The van der Waals surface area contributed by atoms with Gasteiger partial charge in [-0.3, -0.25) is 0 Å². The van der Waals surface area contributed by atoms with Gasteiger partial charge in [-0.15, -0.1) is 0 Å². The highest BCUT2D eigenvalue weighted by molar-refractivity contribution is 5.19. The zero-order valence-electron chi connectivity index (χ0n) is 7.93. The molecule has 1 unspecified atom stereocenters. The van der Waals surface area contributed by atoms with Crippen molar-refractivity contribution in [1.29, 1.82) is 0 Å². The Hall–Kier alpha value is -1.00. The Bertz CT molecular complexity index is 306. The van der Waals surface area contributed by atoms with Gasteiger partial charge < -0.3 is 10.8 Å². The lowest BCUT2D eigenvalue weighted by atomic mass is 9.97. The molecule has 0 saturated heterocycles. The monoisotopic (exact) mass is 201 g/mol. The minimum absolute atomic E-state index is 0.0468. The van der Waals surface area contributed by atoms with E-state index in [1.807, 2.05) is 0 Å². The molecule has 0 spiro atoms. The largest absolute Gasteiger partial charge is 0.389 e. The highest BCUT2D eigenvalue weighted by Gasteiger charge is 2.19. The van der Waals surface area contributed by atoms with Gasteiger partial charge in [0.1, 0.15) is 11.6 Å². The molecule has 2 nitrogen and oxygen atoms in total. The summed E-state index contributed by atoms with van der Waals surface area (Å²) in [7, 11) is 0. The summed E-state index contributed by atoms with van der Waals surface area (Å²) in [5, 5.41) is 9.59. The Kier molecular flexibility index (Phi) is 3.18. The molecule has 0 bridgehead atoms. The van der Waals surface area contributed by atoms with Crippen LogP contribution in [0.2, 0.25) is 0 Å². The van der Waals surface area contributed by atoms with E-state index in [9.17, 15) is 13.9 Å². The third-order valence-electron chi connectivity index (χ3n) is 1.95. The number of nitrogens with two attached hydrogens (primary N) is 1. The van der Waals surface area contributed by atoms with Crippen LogP contribution in [0.4, 0.5) is 8.78 Å². The van der Waals surface area contributed by atoms with Gasteiger partial charge in [0.05, 0.1) is 5.60 Å². The number of hydrogen-bond acceptors (Lipinski definition) is 2. The molecule has 0 aromatic heterocycles. The molecule has 0 aliphatic rings. The number of benzene rings is 1. The van der Waals surface area contributed by atoms with E-state index in [-0.39, 0.29) is 13.0 Å². The first kappa shape index (κ1) is 11.1. The van der Waals surface area contributed by atoms with E-state index >= 15 is 0 Å². The van der Waals surface area contributed by atoms with Gasteiger partial charge in [-0.1, -0.05) is 0 Å². The van der Waals surface area contributed by atoms with Crippen LogP contribution < -0.4 is 5.73 Å². The van der Waals surface area contributed by atoms with Gasteiger partial charge in [0.2, 0.25) is 0 Å². The van der Waals surface area contributed by atoms with Crippen LogP contribution in [-0.2, 0) is 6.42 Å². The highest BCUT2D eigenvalue weighted by Crippen LogP contribution is 2.14. The molecule has 1 aromatic rings. The van der Waals surface area contributed by atoms with Gasteiger partial charge in [-0.25, -0.2) is 8.78 Å². The van der Waals surface area contributed by atoms with E-state index in [1.165, 1.54) is 19.1 Å². The first-order valence-electron chi connectivity index (χ1n) is 4.30. The van der Waals surface area contributed by atoms with Gasteiger partial charge in [-0.2, -0.15) is 0 Å². The predicted molar refractivity (Wildman–Crippen MR) is 49.7 cm³/mol. The zero-order chi connectivity index (χ0) is 10.8. The van der Waals surface area contributed by atoms with Crippen LogP contribution in [0.5, 0.6) is 0 Å². The third kappa shape index (κ3) is 3.05. The summed E-state index contributed by atoms with van der Waals surface area (Å²) in [4.78, 5) is 0. The van der Waals surface area contributed by atoms with Gasteiger partial charge >= 0.3 is 0 Å². The van der Waals surface area contributed by atoms with E-state index < -0.39 is 17.2 Å². The van der Waals surface area contributed by atoms with Crippen LogP contribution >= 0.6 is 0 Å². The fraction of sp³-hybridized carbons (Fsp3) is 0.400. The average molecular weight is 201 g/mol. The second kappa shape index (κ2) is 4.02. The van der Waals surface area contributed by atoms with E-state index in [0.717, 1.165) is 6.07 Å². The standard InChI is InChI=1S/C10H13F2NO/c1-10(14,6-13)5-7-2-8(11)4-9(12)3-7/h2-4,14H,5-6,13H2,1H3. The van der Waals surface area contributed by atoms with E-state index in [2.05, 4.69) is 0 Å². The fourth-order valence-corrected chi connectivity index (χ4v) is 1.22. The molecule has 0 aliphatic carbocycles. The van der Waals surface area contributed by atoms with Crippen molar-refractivity contribution >= 4 is 0 Å². The lowest BCUT2D eigenvalue weighted by molar-refractivity contribution is 0.0695. The molecule has 4 heteroatoms. The van der Waals surface area contributed by atoms with Crippen LogP contribution in [0, 0.1) is 11.6 Å². The van der Waals surface area contributed by atoms with Crippen molar-refractivity contribution in [3.63, 3.8) is 0 Å². The first-order valence-corrected chi connectivity index (χ1v) is 4.30. The maximum absolute atomic E-state index is 12.8. The number of hydrogen-bond donors (Lipinski definition) is 2. The van der Waals surface area contributed by atoms with Crippen LogP contribution in [0.1, 0.15) is 12.5 Å². The SMILES string of the molecule is CC(O)(CN)Cc1cc(F)cc(F)c1. The van der Waals surface area contributed by atoms with Gasteiger partial charge in [0, 0.05) is 19.0 Å². The summed E-state index contributed by atoms with van der Waals surface area (Å²) in [5.74, 6) is -1.29. The van der Waals surface area contributed by atoms with E-state index in [1.54, 1.807) is 0 Å². The van der Waals surface area contributed by atoms with Gasteiger partial charge in [0.25, 0.3) is 0 Å². The van der Waals surface area contributed by atoms with Crippen molar-refractivity contribution in [2.45, 2.75) is 18.9 Å². The van der Waals surface area contributed by atoms with Crippen molar-refractivity contribution in [2.75, 3.05) is 6.54 Å². The number of aliphatic hydroxyl groups is 1. The fourth-order valence-electron chi connectivity index (χ4n) is 1.22. The molecular weight excluding hydrogens is 188 g/mol. The zero-order valence-corrected chi connectivity index (χ0v) is 7.93. The number of halogens is 2. The van der Waals surface area contributed by atoms with Crippen LogP contribution in [-0.4, -0.2) is 17.3 Å². The van der Waals surface area contributed by atoms with Crippen molar-refractivity contribution in [3.8, 4) is 0 Å². The van der Waals surface area contributed by atoms with Gasteiger partial charge in [-0.05, 0) is 24.6 Å². The molecule has 0 aliphatic heterocycles. The molecule has 78 valence electrons. The molecule has 1 atom stereocenters. The smallest absolute Gasteiger partial charge is 0.126 e. The second-order valence-corrected chi connectivity index (χ2v) is 3.66. The molecule has 14 heavy (non-hydrogen) atoms. The Morgan fingerprint density at radius 2 is 1.79 bits per heavy atom. The highest BCUT2D eigenvalue weighted by atomic mass is 19.1.